The van der Waals surface area contributed by atoms with E-state index < -0.39 is 0 Å². The van der Waals surface area contributed by atoms with E-state index in [0.717, 1.165) is 56.1 Å². The fourth-order valence-electron chi connectivity index (χ4n) is 4.31. The molecule has 0 unspecified atom stereocenters. The van der Waals surface area contributed by atoms with Crippen molar-refractivity contribution in [3.63, 3.8) is 0 Å². The van der Waals surface area contributed by atoms with Crippen molar-refractivity contribution in [2.75, 3.05) is 37.6 Å². The molecule has 2 N–H and O–H groups in total. The van der Waals surface area contributed by atoms with Crippen LogP contribution >= 0.6 is 0 Å². The lowest BCUT2D eigenvalue weighted by Gasteiger charge is -2.32. The van der Waals surface area contributed by atoms with Crippen molar-refractivity contribution in [2.24, 2.45) is 0 Å². The Hall–Kier alpha value is -3.45. The summed E-state index contributed by atoms with van der Waals surface area (Å²) in [6.45, 7) is 10.4. The zero-order valence-corrected chi connectivity index (χ0v) is 19.0. The molecule has 4 rings (SSSR count). The predicted octanol–water partition coefficient (Wildman–Crippen LogP) is 3.39. The van der Waals surface area contributed by atoms with Gasteiger partial charge in [-0.05, 0) is 43.2 Å². The van der Waals surface area contributed by atoms with Gasteiger partial charge in [0.05, 0.1) is 11.4 Å². The van der Waals surface area contributed by atoms with E-state index in [4.69, 9.17) is 0 Å². The summed E-state index contributed by atoms with van der Waals surface area (Å²) in [5.41, 5.74) is 3.72. The third kappa shape index (κ3) is 5.14. The van der Waals surface area contributed by atoms with Crippen LogP contribution in [0.25, 0.3) is 0 Å². The maximum Gasteiger partial charge on any atom is 0.274 e. The average molecular weight is 448 g/mol. The average Bonchev–Trinajstić information content (AvgIpc) is 2.86. The molecule has 6 nitrogen and oxygen atoms in total. The highest BCUT2D eigenvalue weighted by Gasteiger charge is 2.22. The Labute approximate surface area is 194 Å². The van der Waals surface area contributed by atoms with Crippen LogP contribution in [0.15, 0.2) is 72.6 Å². The molecule has 3 heterocycles. The number of carbonyl (C=O) groups excluding carboxylic acids is 1. The topological polar surface area (TPSA) is 60.5 Å². The number of hydrogen-bond donors (Lipinski definition) is 2. The molecule has 172 valence electrons. The summed E-state index contributed by atoms with van der Waals surface area (Å²) >= 11 is 0. The molecule has 7 heteroatoms. The lowest BCUT2D eigenvalue weighted by Crippen LogP contribution is -2.44. The molecule has 2 aliphatic rings. The molecule has 0 radical (unpaired) electrons. The Morgan fingerprint density at radius 1 is 1.18 bits per heavy atom. The number of amides is 1. The minimum absolute atomic E-state index is 0.196. The molecule has 1 aromatic carbocycles. The van der Waals surface area contributed by atoms with Gasteiger partial charge in [-0.15, -0.1) is 0 Å². The fraction of sp³-hybridized carbons (Fsp3) is 0.308. The normalized spacial score (nSPS) is 16.9. The molecule has 1 amide bonds. The Balaban J connectivity index is 1.51. The lowest BCUT2D eigenvalue weighted by atomic mass is 9.99. The summed E-state index contributed by atoms with van der Waals surface area (Å²) in [7, 11) is 0. The predicted molar refractivity (Wildman–Crippen MR) is 129 cm³/mol. The summed E-state index contributed by atoms with van der Waals surface area (Å²) in [5, 5.41) is 6.37. The van der Waals surface area contributed by atoms with Crippen molar-refractivity contribution in [3.8, 4) is 0 Å². The maximum atomic E-state index is 14.3. The monoisotopic (exact) mass is 447 g/mol. The van der Waals surface area contributed by atoms with Crippen LogP contribution in [-0.4, -0.2) is 48.5 Å². The largest absolute Gasteiger partial charge is 0.367 e. The highest BCUT2D eigenvalue weighted by atomic mass is 19.1. The first-order chi connectivity index (χ1) is 16.1. The molecule has 0 spiro atoms. The van der Waals surface area contributed by atoms with E-state index in [-0.39, 0.29) is 11.7 Å². The van der Waals surface area contributed by atoms with Crippen LogP contribution in [0.1, 0.15) is 28.5 Å². The molecule has 0 aliphatic carbocycles. The summed E-state index contributed by atoms with van der Waals surface area (Å²) in [6.07, 6.45) is 6.29. The maximum absolute atomic E-state index is 14.3. The van der Waals surface area contributed by atoms with Crippen LogP contribution in [0, 0.1) is 5.82 Å². The van der Waals surface area contributed by atoms with Crippen molar-refractivity contribution in [1.82, 2.24) is 20.5 Å². The number of carbonyl (C=O) groups is 1. The fourth-order valence-corrected chi connectivity index (χ4v) is 4.31. The van der Waals surface area contributed by atoms with E-state index in [1.165, 1.54) is 6.07 Å². The first-order valence-electron chi connectivity index (χ1n) is 11.4. The van der Waals surface area contributed by atoms with Gasteiger partial charge in [-0.25, -0.2) is 9.37 Å². The number of nitrogens with one attached hydrogen (secondary N) is 2. The van der Waals surface area contributed by atoms with Crippen LogP contribution in [-0.2, 0) is 13.0 Å². The third-order valence-electron chi connectivity index (χ3n) is 6.05. The molecule has 0 saturated carbocycles. The number of rotatable bonds is 6. The van der Waals surface area contributed by atoms with Crippen LogP contribution in [0.3, 0.4) is 0 Å². The number of anilines is 1. The number of piperazine rings is 1. The van der Waals surface area contributed by atoms with Crippen LogP contribution in [0.2, 0.25) is 0 Å². The third-order valence-corrected chi connectivity index (χ3v) is 6.05. The van der Waals surface area contributed by atoms with Gasteiger partial charge in [-0.1, -0.05) is 36.9 Å². The summed E-state index contributed by atoms with van der Waals surface area (Å²) in [4.78, 5) is 22.0. The van der Waals surface area contributed by atoms with Gasteiger partial charge in [0.1, 0.15) is 17.3 Å². The SMILES string of the molecule is C=C/C=C(\C(=C/C)NC(=O)c1cccc(N2CCc3cccc(F)c3C2)n1)N1CCNCC1. The zero-order chi connectivity index (χ0) is 23.2. The van der Waals surface area contributed by atoms with Gasteiger partial charge >= 0.3 is 0 Å². The van der Waals surface area contributed by atoms with E-state index >= 15 is 0 Å². The van der Waals surface area contributed by atoms with Crippen molar-refractivity contribution in [2.45, 2.75) is 19.9 Å². The molecule has 1 aromatic heterocycles. The van der Waals surface area contributed by atoms with Crippen molar-refractivity contribution in [1.29, 1.82) is 0 Å². The number of benzene rings is 1. The smallest absolute Gasteiger partial charge is 0.274 e. The molecule has 33 heavy (non-hydrogen) atoms. The molecule has 0 bridgehead atoms. The molecule has 1 fully saturated rings. The number of hydrogen-bond acceptors (Lipinski definition) is 5. The highest BCUT2D eigenvalue weighted by molar-refractivity contribution is 5.94. The van der Waals surface area contributed by atoms with Crippen molar-refractivity contribution in [3.05, 3.63) is 95.2 Å². The Morgan fingerprint density at radius 3 is 2.73 bits per heavy atom. The number of pyridine rings is 1. The molecular formula is C26H30FN5O. The van der Waals surface area contributed by atoms with Crippen molar-refractivity contribution >= 4 is 11.7 Å². The van der Waals surface area contributed by atoms with Gasteiger partial charge in [0.15, 0.2) is 0 Å². The Morgan fingerprint density at radius 2 is 1.97 bits per heavy atom. The van der Waals surface area contributed by atoms with Crippen LogP contribution in [0.5, 0.6) is 0 Å². The molecular weight excluding hydrogens is 417 g/mol. The summed E-state index contributed by atoms with van der Waals surface area (Å²) < 4.78 is 14.3. The van der Waals surface area contributed by atoms with Crippen LogP contribution in [0.4, 0.5) is 10.2 Å². The second-order valence-electron chi connectivity index (χ2n) is 8.11. The number of halogens is 1. The number of aromatic nitrogens is 1. The highest BCUT2D eigenvalue weighted by Crippen LogP contribution is 2.25. The molecule has 1 saturated heterocycles. The van der Waals surface area contributed by atoms with E-state index in [1.54, 1.807) is 18.2 Å². The summed E-state index contributed by atoms with van der Waals surface area (Å²) in [5.74, 6) is 0.194. The number of nitrogens with zero attached hydrogens (tertiary/aromatic N) is 3. The zero-order valence-electron chi connectivity index (χ0n) is 19.0. The van der Waals surface area contributed by atoms with Gasteiger partial charge in [0.2, 0.25) is 0 Å². The summed E-state index contributed by atoms with van der Waals surface area (Å²) in [6, 6.07) is 10.6. The van der Waals surface area contributed by atoms with Crippen molar-refractivity contribution < 1.29 is 9.18 Å². The molecule has 2 aliphatic heterocycles. The second-order valence-corrected chi connectivity index (χ2v) is 8.11. The van der Waals surface area contributed by atoms with Gasteiger partial charge in [-0.2, -0.15) is 0 Å². The number of allylic oxidation sites excluding steroid dienone is 3. The van der Waals surface area contributed by atoms with Gasteiger partial charge in [-0.3, -0.25) is 4.79 Å². The van der Waals surface area contributed by atoms with E-state index in [1.807, 2.05) is 42.2 Å². The van der Waals surface area contributed by atoms with Gasteiger partial charge in [0.25, 0.3) is 5.91 Å². The lowest BCUT2D eigenvalue weighted by molar-refractivity contribution is 0.0959. The minimum Gasteiger partial charge on any atom is -0.367 e. The molecule has 2 aromatic rings. The van der Waals surface area contributed by atoms with E-state index in [2.05, 4.69) is 27.1 Å². The quantitative estimate of drug-likeness (QED) is 0.665. The minimum atomic E-state index is -0.279. The van der Waals surface area contributed by atoms with Crippen LogP contribution < -0.4 is 15.5 Å². The Bertz CT molecular complexity index is 1090. The number of fused-ring (bicyclic) bond motifs is 1. The van der Waals surface area contributed by atoms with Gasteiger partial charge < -0.3 is 20.4 Å². The first kappa shape index (κ1) is 22.7. The van der Waals surface area contributed by atoms with E-state index in [0.29, 0.717) is 23.6 Å². The van der Waals surface area contributed by atoms with Gasteiger partial charge in [0, 0.05) is 44.8 Å². The first-order valence-corrected chi connectivity index (χ1v) is 11.4. The standard InChI is InChI=1S/C26H30FN5O/c1-3-7-24(31-16-13-28-14-17-31)22(4-2)30-26(33)23-10-6-11-25(29-23)32-15-12-19-8-5-9-21(27)20(19)18-32/h3-11,28H,1,12-18H2,2H3,(H,30,33)/b22-4+,24-7+. The second kappa shape index (κ2) is 10.4. The van der Waals surface area contributed by atoms with E-state index in [9.17, 15) is 9.18 Å². The molecule has 0 atom stereocenters. The Kier molecular flexibility index (Phi) is 7.19.